The van der Waals surface area contributed by atoms with Gasteiger partial charge >= 0.3 is 5.97 Å². The van der Waals surface area contributed by atoms with Crippen LogP contribution in [-0.4, -0.2) is 21.0 Å². The van der Waals surface area contributed by atoms with Crippen LogP contribution in [0.25, 0.3) is 10.3 Å². The summed E-state index contributed by atoms with van der Waals surface area (Å²) in [6.07, 6.45) is 5.64. The van der Waals surface area contributed by atoms with Crippen molar-refractivity contribution in [2.75, 3.05) is 0 Å². The van der Waals surface area contributed by atoms with Gasteiger partial charge in [0.15, 0.2) is 0 Å². The van der Waals surface area contributed by atoms with E-state index in [9.17, 15) is 4.79 Å². The molecule has 0 radical (unpaired) electrons. The third-order valence-corrected chi connectivity index (χ3v) is 3.53. The number of hydrogen-bond acceptors (Lipinski definition) is 4. The van der Waals surface area contributed by atoms with Crippen molar-refractivity contribution in [2.24, 2.45) is 0 Å². The fourth-order valence-corrected chi connectivity index (χ4v) is 2.60. The van der Waals surface area contributed by atoms with Gasteiger partial charge < -0.3 is 5.11 Å². The van der Waals surface area contributed by atoms with Gasteiger partial charge in [0.2, 0.25) is 0 Å². The van der Waals surface area contributed by atoms with Gasteiger partial charge in [-0.05, 0) is 31.4 Å². The third kappa shape index (κ3) is 3.49. The first kappa shape index (κ1) is 12.0. The Morgan fingerprint density at radius 2 is 2.24 bits per heavy atom. The number of aliphatic carboxylic acids is 1. The minimum absolute atomic E-state index is 0.265. The van der Waals surface area contributed by atoms with Crippen LogP contribution in [0.15, 0.2) is 18.3 Å². The molecule has 0 saturated heterocycles. The highest BCUT2D eigenvalue weighted by molar-refractivity contribution is 7.18. The molecule has 0 aliphatic rings. The number of pyridine rings is 1. The largest absolute Gasteiger partial charge is 0.481 e. The van der Waals surface area contributed by atoms with Gasteiger partial charge in [0, 0.05) is 12.6 Å². The Labute approximate surface area is 103 Å². The molecule has 0 aliphatic heterocycles. The van der Waals surface area contributed by atoms with E-state index in [1.807, 2.05) is 12.1 Å². The summed E-state index contributed by atoms with van der Waals surface area (Å²) in [7, 11) is 0. The molecule has 1 N–H and O–H groups in total. The molecule has 4 nitrogen and oxygen atoms in total. The molecule has 2 heterocycles. The minimum Gasteiger partial charge on any atom is -0.481 e. The van der Waals surface area contributed by atoms with E-state index in [2.05, 4.69) is 9.97 Å². The average Bonchev–Trinajstić information content (AvgIpc) is 2.70. The Balaban J connectivity index is 1.81. The summed E-state index contributed by atoms with van der Waals surface area (Å²) in [6.45, 7) is 0. The maximum atomic E-state index is 10.3. The van der Waals surface area contributed by atoms with Crippen LogP contribution in [0.5, 0.6) is 0 Å². The summed E-state index contributed by atoms with van der Waals surface area (Å²) in [4.78, 5) is 20.0. The molecule has 0 aromatic carbocycles. The van der Waals surface area contributed by atoms with Crippen LogP contribution in [0.3, 0.4) is 0 Å². The Kier molecular flexibility index (Phi) is 4.03. The van der Waals surface area contributed by atoms with E-state index in [0.29, 0.717) is 0 Å². The quantitative estimate of drug-likeness (QED) is 0.801. The van der Waals surface area contributed by atoms with E-state index in [4.69, 9.17) is 5.11 Å². The standard InChI is InChI=1S/C12H14N2O2S/c15-11(16)7-3-1-2-6-10-14-9-5-4-8-13-12(9)17-10/h4-5,8H,1-3,6-7H2,(H,15,16). The molecule has 5 heteroatoms. The first-order valence-corrected chi connectivity index (χ1v) is 6.49. The number of thiazole rings is 1. The molecule has 0 unspecified atom stereocenters. The van der Waals surface area contributed by atoms with Crippen LogP contribution in [0.1, 0.15) is 30.7 Å². The molecule has 90 valence electrons. The number of carboxylic acids is 1. The Morgan fingerprint density at radius 1 is 1.35 bits per heavy atom. The SMILES string of the molecule is O=C(O)CCCCCc1nc2cccnc2s1. The highest BCUT2D eigenvalue weighted by atomic mass is 32.1. The fourth-order valence-electron chi connectivity index (χ4n) is 1.65. The summed E-state index contributed by atoms with van der Waals surface area (Å²) in [5.74, 6) is -0.714. The van der Waals surface area contributed by atoms with E-state index in [1.54, 1.807) is 17.5 Å². The number of hydrogen-bond donors (Lipinski definition) is 1. The number of nitrogens with zero attached hydrogens (tertiary/aromatic N) is 2. The molecule has 0 aliphatic carbocycles. The molecule has 0 saturated carbocycles. The number of rotatable bonds is 6. The summed E-state index contributed by atoms with van der Waals surface area (Å²) in [6, 6.07) is 3.85. The van der Waals surface area contributed by atoms with Crippen molar-refractivity contribution < 1.29 is 9.90 Å². The smallest absolute Gasteiger partial charge is 0.303 e. The topological polar surface area (TPSA) is 63.1 Å². The first-order chi connectivity index (χ1) is 8.25. The van der Waals surface area contributed by atoms with Crippen LogP contribution < -0.4 is 0 Å². The maximum absolute atomic E-state index is 10.3. The van der Waals surface area contributed by atoms with Crippen LogP contribution in [-0.2, 0) is 11.2 Å². The Bertz CT molecular complexity index is 477. The second-order valence-corrected chi connectivity index (χ2v) is 4.95. The summed E-state index contributed by atoms with van der Waals surface area (Å²) in [5.41, 5.74) is 0.957. The van der Waals surface area contributed by atoms with E-state index < -0.39 is 5.97 Å². The molecular formula is C12H14N2O2S. The van der Waals surface area contributed by atoms with Crippen molar-refractivity contribution >= 4 is 27.7 Å². The monoisotopic (exact) mass is 250 g/mol. The van der Waals surface area contributed by atoms with Crippen molar-refractivity contribution in [1.29, 1.82) is 0 Å². The van der Waals surface area contributed by atoms with Gasteiger partial charge in [-0.3, -0.25) is 4.79 Å². The van der Waals surface area contributed by atoms with Crippen molar-refractivity contribution in [2.45, 2.75) is 32.1 Å². The maximum Gasteiger partial charge on any atom is 0.303 e. The zero-order valence-electron chi connectivity index (χ0n) is 9.43. The zero-order chi connectivity index (χ0) is 12.1. The van der Waals surface area contributed by atoms with Gasteiger partial charge in [0.05, 0.1) is 5.01 Å². The molecule has 0 spiro atoms. The van der Waals surface area contributed by atoms with E-state index in [0.717, 1.165) is 41.0 Å². The number of fused-ring (bicyclic) bond motifs is 1. The second kappa shape index (κ2) is 5.72. The molecule has 2 rings (SSSR count). The first-order valence-electron chi connectivity index (χ1n) is 5.68. The normalized spacial score (nSPS) is 10.8. The van der Waals surface area contributed by atoms with Gasteiger partial charge in [-0.25, -0.2) is 9.97 Å². The molecule has 2 aromatic heterocycles. The lowest BCUT2D eigenvalue weighted by atomic mass is 10.1. The Morgan fingerprint density at radius 3 is 3.00 bits per heavy atom. The Hall–Kier alpha value is -1.49. The van der Waals surface area contributed by atoms with Crippen LogP contribution in [0.2, 0.25) is 0 Å². The minimum atomic E-state index is -0.714. The molecule has 0 bridgehead atoms. The van der Waals surface area contributed by atoms with E-state index >= 15 is 0 Å². The van der Waals surface area contributed by atoms with Crippen molar-refractivity contribution in [1.82, 2.24) is 9.97 Å². The lowest BCUT2D eigenvalue weighted by Crippen LogP contribution is -1.94. The van der Waals surface area contributed by atoms with Crippen LogP contribution in [0.4, 0.5) is 0 Å². The number of aryl methyl sites for hydroxylation is 1. The predicted octanol–water partition coefficient (Wildman–Crippen LogP) is 2.88. The average molecular weight is 250 g/mol. The summed E-state index contributed by atoms with van der Waals surface area (Å²) < 4.78 is 0. The number of carbonyl (C=O) groups is 1. The molecule has 0 atom stereocenters. The number of carboxylic acid groups (broad SMARTS) is 1. The van der Waals surface area contributed by atoms with Crippen LogP contribution >= 0.6 is 11.3 Å². The van der Waals surface area contributed by atoms with Crippen LogP contribution in [0, 0.1) is 0 Å². The van der Waals surface area contributed by atoms with Gasteiger partial charge in [-0.1, -0.05) is 17.8 Å². The van der Waals surface area contributed by atoms with E-state index in [-0.39, 0.29) is 6.42 Å². The molecule has 17 heavy (non-hydrogen) atoms. The lowest BCUT2D eigenvalue weighted by molar-refractivity contribution is -0.137. The fraction of sp³-hybridized carbons (Fsp3) is 0.417. The van der Waals surface area contributed by atoms with Crippen molar-refractivity contribution in [3.8, 4) is 0 Å². The molecular weight excluding hydrogens is 236 g/mol. The van der Waals surface area contributed by atoms with Gasteiger partial charge in [0.25, 0.3) is 0 Å². The molecule has 0 fully saturated rings. The lowest BCUT2D eigenvalue weighted by Gasteiger charge is -1.96. The second-order valence-electron chi connectivity index (χ2n) is 3.89. The highest BCUT2D eigenvalue weighted by Crippen LogP contribution is 2.20. The summed E-state index contributed by atoms with van der Waals surface area (Å²) in [5, 5.41) is 9.60. The third-order valence-electron chi connectivity index (χ3n) is 2.49. The van der Waals surface area contributed by atoms with Gasteiger partial charge in [-0.2, -0.15) is 0 Å². The molecule has 0 amide bonds. The number of unbranched alkanes of at least 4 members (excludes halogenated alkanes) is 2. The van der Waals surface area contributed by atoms with Crippen molar-refractivity contribution in [3.05, 3.63) is 23.3 Å². The van der Waals surface area contributed by atoms with Gasteiger partial charge in [0.1, 0.15) is 10.3 Å². The predicted molar refractivity (Wildman–Crippen MR) is 67.2 cm³/mol. The van der Waals surface area contributed by atoms with E-state index in [1.165, 1.54) is 0 Å². The highest BCUT2D eigenvalue weighted by Gasteiger charge is 2.04. The van der Waals surface area contributed by atoms with Crippen molar-refractivity contribution in [3.63, 3.8) is 0 Å². The number of aromatic nitrogens is 2. The molecule has 2 aromatic rings. The summed E-state index contributed by atoms with van der Waals surface area (Å²) >= 11 is 1.62. The zero-order valence-corrected chi connectivity index (χ0v) is 10.2. The van der Waals surface area contributed by atoms with Gasteiger partial charge in [-0.15, -0.1) is 0 Å².